The number of allylic oxidation sites excluding steroid dienone is 1. The Morgan fingerprint density at radius 1 is 1.30 bits per heavy atom. The van der Waals surface area contributed by atoms with Crippen molar-refractivity contribution in [3.8, 4) is 0 Å². The first kappa shape index (κ1) is 9.96. The van der Waals surface area contributed by atoms with Crippen molar-refractivity contribution in [2.75, 3.05) is 0 Å². The van der Waals surface area contributed by atoms with Gasteiger partial charge in [0.15, 0.2) is 0 Å². The van der Waals surface area contributed by atoms with Gasteiger partial charge in [-0.25, -0.2) is 0 Å². The summed E-state index contributed by atoms with van der Waals surface area (Å²) in [6.45, 7) is 9.26. The second-order valence-electron chi connectivity index (χ2n) is 3.59. The summed E-state index contributed by atoms with van der Waals surface area (Å²) in [6.07, 6.45) is 4.96. The summed E-state index contributed by atoms with van der Waals surface area (Å²) in [5, 5.41) is 0. The molecule has 0 fully saturated rings. The Bertz CT molecular complexity index is 103. The Labute approximate surface area is 66.4 Å². The highest BCUT2D eigenvalue weighted by molar-refractivity contribution is 6.82. The first-order valence-corrected chi connectivity index (χ1v) is 7.54. The van der Waals surface area contributed by atoms with E-state index in [9.17, 15) is 0 Å². The standard InChI is InChI=1S/C9H20Si/c1-5-7-9-10(3,4)8-6-2/h6,8H,5,7,9H2,1-4H3. The monoisotopic (exact) mass is 156 g/mol. The molecule has 0 amide bonds. The van der Waals surface area contributed by atoms with E-state index >= 15 is 0 Å². The molecular formula is C9H20Si. The van der Waals surface area contributed by atoms with Gasteiger partial charge in [-0.2, -0.15) is 0 Å². The van der Waals surface area contributed by atoms with Gasteiger partial charge in [0, 0.05) is 0 Å². The topological polar surface area (TPSA) is 0 Å². The van der Waals surface area contributed by atoms with Crippen LogP contribution in [0.3, 0.4) is 0 Å². The van der Waals surface area contributed by atoms with Crippen LogP contribution in [0.2, 0.25) is 19.1 Å². The van der Waals surface area contributed by atoms with E-state index < -0.39 is 8.07 Å². The molecule has 0 atom stereocenters. The highest BCUT2D eigenvalue weighted by Crippen LogP contribution is 2.14. The molecule has 0 radical (unpaired) electrons. The second-order valence-corrected chi connectivity index (χ2v) is 8.40. The van der Waals surface area contributed by atoms with Crippen molar-refractivity contribution in [3.63, 3.8) is 0 Å². The molecule has 0 bridgehead atoms. The lowest BCUT2D eigenvalue weighted by molar-refractivity contribution is 0.870. The average Bonchev–Trinajstić information content (AvgIpc) is 1.84. The van der Waals surface area contributed by atoms with Crippen molar-refractivity contribution < 1.29 is 0 Å². The highest BCUT2D eigenvalue weighted by atomic mass is 28.3. The van der Waals surface area contributed by atoms with Crippen LogP contribution in [0.4, 0.5) is 0 Å². The van der Waals surface area contributed by atoms with Gasteiger partial charge >= 0.3 is 0 Å². The summed E-state index contributed by atoms with van der Waals surface area (Å²) in [5.41, 5.74) is 2.43. The Kier molecular flexibility index (Phi) is 4.70. The van der Waals surface area contributed by atoms with E-state index in [-0.39, 0.29) is 0 Å². The molecule has 1 heteroatoms. The summed E-state index contributed by atoms with van der Waals surface area (Å²) in [7, 11) is -0.905. The van der Waals surface area contributed by atoms with E-state index in [1.165, 1.54) is 18.9 Å². The van der Waals surface area contributed by atoms with Crippen molar-refractivity contribution in [2.45, 2.75) is 45.8 Å². The van der Waals surface area contributed by atoms with Crippen LogP contribution < -0.4 is 0 Å². The molecular weight excluding hydrogens is 136 g/mol. The van der Waals surface area contributed by atoms with Crippen LogP contribution in [0.5, 0.6) is 0 Å². The molecule has 0 aromatic rings. The molecule has 0 aliphatic heterocycles. The van der Waals surface area contributed by atoms with Crippen molar-refractivity contribution in [3.05, 3.63) is 11.8 Å². The SMILES string of the molecule is CC=C[Si](C)(C)CCCC. The van der Waals surface area contributed by atoms with Crippen molar-refractivity contribution in [1.82, 2.24) is 0 Å². The molecule has 0 rings (SSSR count). The maximum absolute atomic E-state index is 2.43. The molecule has 0 N–H and O–H groups in total. The van der Waals surface area contributed by atoms with Gasteiger partial charge in [0.05, 0.1) is 8.07 Å². The normalized spacial score (nSPS) is 12.8. The quantitative estimate of drug-likeness (QED) is 0.545. The molecule has 0 aromatic carbocycles. The van der Waals surface area contributed by atoms with Gasteiger partial charge in [0.2, 0.25) is 0 Å². The van der Waals surface area contributed by atoms with E-state index in [1.807, 2.05) is 0 Å². The predicted molar refractivity (Wildman–Crippen MR) is 52.0 cm³/mol. The number of unbranched alkanes of at least 4 members (excludes halogenated alkanes) is 1. The smallest absolute Gasteiger partial charge is 0.0713 e. The Morgan fingerprint density at radius 2 is 1.90 bits per heavy atom. The average molecular weight is 156 g/mol. The first-order valence-electron chi connectivity index (χ1n) is 4.26. The molecule has 0 aliphatic rings. The number of hydrogen-bond acceptors (Lipinski definition) is 0. The molecule has 0 aliphatic carbocycles. The van der Waals surface area contributed by atoms with E-state index in [1.54, 1.807) is 0 Å². The van der Waals surface area contributed by atoms with Crippen LogP contribution in [-0.2, 0) is 0 Å². The molecule has 60 valence electrons. The van der Waals surface area contributed by atoms with E-state index in [0.29, 0.717) is 0 Å². The summed E-state index contributed by atoms with van der Waals surface area (Å²) in [4.78, 5) is 0. The number of hydrogen-bond donors (Lipinski definition) is 0. The predicted octanol–water partition coefficient (Wildman–Crippen LogP) is 3.61. The zero-order valence-corrected chi connectivity index (χ0v) is 8.78. The lowest BCUT2D eigenvalue weighted by atomic mass is 10.4. The summed E-state index contributed by atoms with van der Waals surface area (Å²) in [5.74, 6) is 0. The highest BCUT2D eigenvalue weighted by Gasteiger charge is 2.14. The van der Waals surface area contributed by atoms with Gasteiger partial charge in [0.25, 0.3) is 0 Å². The lowest BCUT2D eigenvalue weighted by Crippen LogP contribution is -2.21. The zero-order chi connectivity index (χ0) is 8.04. The summed E-state index contributed by atoms with van der Waals surface area (Å²) in [6, 6.07) is 1.45. The summed E-state index contributed by atoms with van der Waals surface area (Å²) < 4.78 is 0. The molecule has 0 unspecified atom stereocenters. The largest absolute Gasteiger partial charge is 0.0989 e. The lowest BCUT2D eigenvalue weighted by Gasteiger charge is -2.16. The minimum absolute atomic E-state index is 0.905. The molecule has 0 aromatic heterocycles. The van der Waals surface area contributed by atoms with Gasteiger partial charge < -0.3 is 0 Å². The van der Waals surface area contributed by atoms with Crippen LogP contribution in [-0.4, -0.2) is 8.07 Å². The zero-order valence-electron chi connectivity index (χ0n) is 7.78. The van der Waals surface area contributed by atoms with Crippen LogP contribution >= 0.6 is 0 Å². The Morgan fingerprint density at radius 3 is 2.30 bits per heavy atom. The minimum Gasteiger partial charge on any atom is -0.0989 e. The molecule has 0 saturated heterocycles. The van der Waals surface area contributed by atoms with E-state index in [0.717, 1.165) is 0 Å². The molecule has 0 saturated carbocycles. The van der Waals surface area contributed by atoms with Gasteiger partial charge in [-0.1, -0.05) is 50.7 Å². The van der Waals surface area contributed by atoms with Gasteiger partial charge in [-0.15, -0.1) is 0 Å². The van der Waals surface area contributed by atoms with Crippen molar-refractivity contribution in [1.29, 1.82) is 0 Å². The van der Waals surface area contributed by atoms with Crippen LogP contribution in [0.25, 0.3) is 0 Å². The molecule has 10 heavy (non-hydrogen) atoms. The third-order valence-electron chi connectivity index (χ3n) is 1.79. The fourth-order valence-electron chi connectivity index (χ4n) is 1.17. The van der Waals surface area contributed by atoms with Gasteiger partial charge in [-0.3, -0.25) is 0 Å². The van der Waals surface area contributed by atoms with Crippen LogP contribution in [0.15, 0.2) is 11.8 Å². The summed E-state index contributed by atoms with van der Waals surface area (Å²) >= 11 is 0. The third-order valence-corrected chi connectivity index (χ3v) is 4.67. The Balaban J connectivity index is 3.63. The maximum atomic E-state index is 2.43. The van der Waals surface area contributed by atoms with Crippen LogP contribution in [0, 0.1) is 0 Å². The van der Waals surface area contributed by atoms with Gasteiger partial charge in [-0.05, 0) is 6.92 Å². The maximum Gasteiger partial charge on any atom is 0.0713 e. The van der Waals surface area contributed by atoms with E-state index in [4.69, 9.17) is 0 Å². The Hall–Kier alpha value is -0.0431. The molecule has 0 nitrogen and oxygen atoms in total. The first-order chi connectivity index (χ1) is 4.62. The third kappa shape index (κ3) is 4.80. The fourth-order valence-corrected chi connectivity index (χ4v) is 3.50. The van der Waals surface area contributed by atoms with E-state index in [2.05, 4.69) is 38.7 Å². The molecule has 0 heterocycles. The molecule has 0 spiro atoms. The minimum atomic E-state index is -0.905. The van der Waals surface area contributed by atoms with Crippen LogP contribution in [0.1, 0.15) is 26.7 Å². The van der Waals surface area contributed by atoms with Crippen molar-refractivity contribution >= 4 is 8.07 Å². The van der Waals surface area contributed by atoms with Crippen molar-refractivity contribution in [2.24, 2.45) is 0 Å². The number of rotatable bonds is 4. The second kappa shape index (κ2) is 4.72. The fraction of sp³-hybridized carbons (Fsp3) is 0.778. The van der Waals surface area contributed by atoms with Gasteiger partial charge in [0.1, 0.15) is 0 Å².